The largest absolute Gasteiger partial charge is 0.317 e. The third-order valence-electron chi connectivity index (χ3n) is 4.12. The zero-order chi connectivity index (χ0) is 13.3. The number of fused-ring (bicyclic) bond motifs is 2. The first-order valence-corrected chi connectivity index (χ1v) is 6.57. The van der Waals surface area contributed by atoms with Crippen molar-refractivity contribution in [2.45, 2.75) is 18.3 Å². The number of anilines is 1. The summed E-state index contributed by atoms with van der Waals surface area (Å²) in [5.74, 6) is 0.132. The molecule has 1 aromatic rings. The number of piperidine rings is 1. The highest BCUT2D eigenvalue weighted by Gasteiger charge is 2.50. The topological polar surface area (TPSA) is 50.8 Å². The van der Waals surface area contributed by atoms with Crippen LogP contribution in [0.15, 0.2) is 24.3 Å². The van der Waals surface area contributed by atoms with Gasteiger partial charge >= 0.3 is 0 Å². The minimum Gasteiger partial charge on any atom is -0.317 e. The molecule has 1 saturated heterocycles. The first-order chi connectivity index (χ1) is 9.29. The Labute approximate surface area is 112 Å². The van der Waals surface area contributed by atoms with Gasteiger partial charge in [-0.2, -0.15) is 0 Å². The van der Waals surface area contributed by atoms with Gasteiger partial charge < -0.3 is 5.32 Å². The molecule has 0 bridgehead atoms. The number of amides is 1. The summed E-state index contributed by atoms with van der Waals surface area (Å²) in [4.78, 5) is 24.1. The van der Waals surface area contributed by atoms with Gasteiger partial charge in [-0.05, 0) is 37.6 Å². The summed E-state index contributed by atoms with van der Waals surface area (Å²) in [5, 5.41) is 3.32. The molecule has 0 unspecified atom stereocenters. The average Bonchev–Trinajstić information content (AvgIpc) is 2.69. The Morgan fingerprint density at radius 2 is 2.05 bits per heavy atom. The first kappa shape index (κ1) is 12.6. The smallest absolute Gasteiger partial charge is 0.239 e. The van der Waals surface area contributed by atoms with E-state index in [1.165, 1.54) is 7.11 Å². The van der Waals surface area contributed by atoms with Crippen LogP contribution < -0.4 is 10.2 Å². The van der Waals surface area contributed by atoms with E-state index in [2.05, 4.69) is 16.3 Å². The molecule has 19 heavy (non-hydrogen) atoms. The van der Waals surface area contributed by atoms with Gasteiger partial charge in [-0.3, -0.25) is 9.69 Å². The summed E-state index contributed by atoms with van der Waals surface area (Å²) in [6.07, 6.45) is 1.68. The lowest BCUT2D eigenvalue weighted by Crippen LogP contribution is -2.47. The molecule has 1 spiro atoms. The van der Waals surface area contributed by atoms with Crippen LogP contribution >= 0.6 is 0 Å². The molecule has 1 fully saturated rings. The van der Waals surface area contributed by atoms with E-state index in [0.717, 1.165) is 37.2 Å². The second-order valence-electron chi connectivity index (χ2n) is 5.00. The van der Waals surface area contributed by atoms with E-state index in [1.54, 1.807) is 4.90 Å². The number of carbonyl (C=O) groups is 1. The van der Waals surface area contributed by atoms with Crippen molar-refractivity contribution in [3.8, 4) is 0 Å². The monoisotopic (exact) mass is 262 g/mol. The van der Waals surface area contributed by atoms with E-state index in [9.17, 15) is 4.79 Å². The van der Waals surface area contributed by atoms with E-state index < -0.39 is 0 Å². The van der Waals surface area contributed by atoms with Crippen molar-refractivity contribution in [3.05, 3.63) is 29.8 Å². The Morgan fingerprint density at radius 1 is 1.32 bits per heavy atom. The lowest BCUT2D eigenvalue weighted by molar-refractivity contribution is -0.271. The molecule has 1 N–H and O–H groups in total. The molecule has 102 valence electrons. The van der Waals surface area contributed by atoms with Crippen LogP contribution in [-0.4, -0.2) is 32.8 Å². The molecule has 5 nitrogen and oxygen atoms in total. The molecule has 1 aromatic carbocycles. The van der Waals surface area contributed by atoms with Crippen molar-refractivity contribution in [1.29, 1.82) is 0 Å². The molecular formula is C14H18N2O3. The van der Waals surface area contributed by atoms with Crippen molar-refractivity contribution in [3.63, 3.8) is 0 Å². The number of nitrogens with one attached hydrogen (secondary N) is 1. The van der Waals surface area contributed by atoms with Crippen LogP contribution in [0.2, 0.25) is 0 Å². The molecule has 2 heterocycles. The maximum absolute atomic E-state index is 12.8. The Kier molecular flexibility index (Phi) is 3.26. The Balaban J connectivity index is 2.01. The minimum absolute atomic E-state index is 0.132. The lowest BCUT2D eigenvalue weighted by Gasteiger charge is -2.32. The fraction of sp³-hybridized carbons (Fsp3) is 0.500. The van der Waals surface area contributed by atoms with Crippen LogP contribution in [0.1, 0.15) is 18.4 Å². The van der Waals surface area contributed by atoms with Crippen LogP contribution in [0.3, 0.4) is 0 Å². The maximum atomic E-state index is 12.8. The van der Waals surface area contributed by atoms with Crippen molar-refractivity contribution in [2.24, 2.45) is 0 Å². The highest BCUT2D eigenvalue weighted by atomic mass is 17.2. The predicted molar refractivity (Wildman–Crippen MR) is 70.7 cm³/mol. The Bertz CT molecular complexity index is 483. The zero-order valence-electron chi connectivity index (χ0n) is 11.0. The summed E-state index contributed by atoms with van der Waals surface area (Å²) in [6.45, 7) is 1.89. The molecule has 0 aromatic heterocycles. The molecule has 0 aliphatic carbocycles. The van der Waals surface area contributed by atoms with Gasteiger partial charge in [-0.25, -0.2) is 9.78 Å². The van der Waals surface area contributed by atoms with Gasteiger partial charge in [-0.15, -0.1) is 0 Å². The van der Waals surface area contributed by atoms with Gasteiger partial charge in [0.25, 0.3) is 0 Å². The maximum Gasteiger partial charge on any atom is 0.239 e. The van der Waals surface area contributed by atoms with Crippen molar-refractivity contribution >= 4 is 11.6 Å². The molecule has 3 rings (SSSR count). The van der Waals surface area contributed by atoms with E-state index >= 15 is 0 Å². The van der Waals surface area contributed by atoms with Crippen LogP contribution in [0, 0.1) is 0 Å². The number of hydrogen-bond donors (Lipinski definition) is 1. The number of carbonyl (C=O) groups excluding carboxylic acids is 1. The van der Waals surface area contributed by atoms with Crippen molar-refractivity contribution in [1.82, 2.24) is 5.32 Å². The predicted octanol–water partition coefficient (Wildman–Crippen LogP) is 1.19. The number of benzene rings is 1. The molecule has 1 amide bonds. The fourth-order valence-corrected chi connectivity index (χ4v) is 3.17. The molecular weight excluding hydrogens is 244 g/mol. The van der Waals surface area contributed by atoms with Gasteiger partial charge in [-0.1, -0.05) is 18.2 Å². The number of hydrogen-bond acceptors (Lipinski definition) is 4. The van der Waals surface area contributed by atoms with Crippen molar-refractivity contribution in [2.75, 3.05) is 31.8 Å². The normalized spacial score (nSPS) is 20.9. The third-order valence-corrected chi connectivity index (χ3v) is 4.12. The fourth-order valence-electron chi connectivity index (χ4n) is 3.17. The molecule has 2 aliphatic rings. The van der Waals surface area contributed by atoms with Crippen LogP contribution in [0.25, 0.3) is 0 Å². The average molecular weight is 262 g/mol. The first-order valence-electron chi connectivity index (χ1n) is 6.57. The van der Waals surface area contributed by atoms with Crippen LogP contribution in [0.4, 0.5) is 5.69 Å². The summed E-state index contributed by atoms with van der Waals surface area (Å²) < 4.78 is 0. The van der Waals surface area contributed by atoms with Crippen molar-refractivity contribution < 1.29 is 14.6 Å². The van der Waals surface area contributed by atoms with Crippen LogP contribution in [-0.2, 0) is 20.0 Å². The molecule has 0 atom stereocenters. The highest BCUT2D eigenvalue weighted by molar-refractivity contribution is 6.08. The number of rotatable bonds is 3. The van der Waals surface area contributed by atoms with Gasteiger partial charge in [0, 0.05) is 0 Å². The van der Waals surface area contributed by atoms with E-state index in [-0.39, 0.29) is 18.1 Å². The molecule has 5 heteroatoms. The molecule has 0 radical (unpaired) electrons. The van der Waals surface area contributed by atoms with Gasteiger partial charge in [0.1, 0.15) is 0 Å². The quantitative estimate of drug-likeness (QED) is 0.656. The Hall–Kier alpha value is -1.43. The SMILES string of the molecule is COOCN1C(=O)C2(CCNCC2)c2ccccc21. The summed E-state index contributed by atoms with van der Waals surface area (Å²) in [7, 11) is 1.45. The standard InChI is InChI=1S/C14H18N2O3/c1-18-19-10-16-12-5-3-2-4-11(12)14(13(16)17)6-8-15-9-7-14/h2-5,15H,6-10H2,1H3. The van der Waals surface area contributed by atoms with E-state index in [1.807, 2.05) is 18.2 Å². The minimum atomic E-state index is -0.376. The zero-order valence-corrected chi connectivity index (χ0v) is 11.0. The third kappa shape index (κ3) is 1.85. The van der Waals surface area contributed by atoms with E-state index in [4.69, 9.17) is 4.89 Å². The second kappa shape index (κ2) is 4.92. The van der Waals surface area contributed by atoms with Gasteiger partial charge in [0.2, 0.25) is 5.91 Å². The highest BCUT2D eigenvalue weighted by Crippen LogP contribution is 2.46. The second-order valence-corrected chi connectivity index (χ2v) is 5.00. The summed E-state index contributed by atoms with van der Waals surface area (Å²) in [6, 6.07) is 7.98. The summed E-state index contributed by atoms with van der Waals surface area (Å²) in [5.41, 5.74) is 1.70. The van der Waals surface area contributed by atoms with Gasteiger partial charge in [0.05, 0.1) is 18.2 Å². The van der Waals surface area contributed by atoms with Crippen LogP contribution in [0.5, 0.6) is 0 Å². The number of nitrogens with zero attached hydrogens (tertiary/aromatic N) is 1. The number of para-hydroxylation sites is 1. The van der Waals surface area contributed by atoms with E-state index in [0.29, 0.717) is 0 Å². The Morgan fingerprint density at radius 3 is 2.79 bits per heavy atom. The molecule has 2 aliphatic heterocycles. The van der Waals surface area contributed by atoms with Gasteiger partial charge in [0.15, 0.2) is 6.73 Å². The lowest BCUT2D eigenvalue weighted by atomic mass is 9.74. The summed E-state index contributed by atoms with van der Waals surface area (Å²) >= 11 is 0. The molecule has 0 saturated carbocycles.